The molecule has 0 bridgehead atoms. The largest absolute Gasteiger partial charge is 0.486 e. The number of hydrogen-bond donors (Lipinski definition) is 2. The number of aromatic nitrogens is 2. The third-order valence-corrected chi connectivity index (χ3v) is 4.70. The lowest BCUT2D eigenvalue weighted by molar-refractivity contribution is -0.115. The van der Waals surface area contributed by atoms with Gasteiger partial charge in [0.2, 0.25) is 0 Å². The second-order valence-electron chi connectivity index (χ2n) is 7.04. The molecule has 0 atom stereocenters. The fourth-order valence-electron chi connectivity index (χ4n) is 3.07. The number of para-hydroxylation sites is 2. The SMILES string of the molecule is Cc1ccc(NCC(=O)Nn2c(COc3ccccc3)nc3ccccc3c2=O)cc1. The van der Waals surface area contributed by atoms with E-state index in [-0.39, 0.29) is 24.6 Å². The van der Waals surface area contributed by atoms with Crippen LogP contribution >= 0.6 is 0 Å². The molecule has 0 aliphatic heterocycles. The maximum atomic E-state index is 13.0. The third-order valence-electron chi connectivity index (χ3n) is 4.70. The second-order valence-corrected chi connectivity index (χ2v) is 7.04. The molecule has 0 aliphatic rings. The molecule has 1 heterocycles. The van der Waals surface area contributed by atoms with Gasteiger partial charge in [-0.2, -0.15) is 4.68 Å². The molecule has 0 fully saturated rings. The highest BCUT2D eigenvalue weighted by Crippen LogP contribution is 2.13. The van der Waals surface area contributed by atoms with Crippen LogP contribution in [-0.4, -0.2) is 22.1 Å². The molecule has 1 aromatic heterocycles. The molecule has 0 saturated carbocycles. The van der Waals surface area contributed by atoms with Crippen LogP contribution in [0.5, 0.6) is 5.75 Å². The minimum absolute atomic E-state index is 0.00130. The fraction of sp³-hybridized carbons (Fsp3) is 0.125. The van der Waals surface area contributed by atoms with Crippen molar-refractivity contribution >= 4 is 22.5 Å². The molecule has 156 valence electrons. The number of ether oxygens (including phenoxy) is 1. The van der Waals surface area contributed by atoms with Gasteiger partial charge in [-0.25, -0.2) is 4.98 Å². The van der Waals surface area contributed by atoms with E-state index < -0.39 is 0 Å². The van der Waals surface area contributed by atoms with Crippen molar-refractivity contribution in [3.05, 3.63) is 101 Å². The smallest absolute Gasteiger partial charge is 0.280 e. The molecule has 1 amide bonds. The summed E-state index contributed by atoms with van der Waals surface area (Å²) >= 11 is 0. The van der Waals surface area contributed by atoms with Gasteiger partial charge in [-0.3, -0.25) is 15.0 Å². The van der Waals surface area contributed by atoms with E-state index in [9.17, 15) is 9.59 Å². The Labute approximate surface area is 179 Å². The Morgan fingerprint density at radius 3 is 2.45 bits per heavy atom. The van der Waals surface area contributed by atoms with Crippen molar-refractivity contribution in [3.63, 3.8) is 0 Å². The molecule has 4 rings (SSSR count). The van der Waals surface area contributed by atoms with E-state index in [1.165, 1.54) is 0 Å². The first-order chi connectivity index (χ1) is 15.1. The molecule has 0 aliphatic carbocycles. The number of carbonyl (C=O) groups is 1. The Bertz CT molecular complexity index is 1250. The Hall–Kier alpha value is -4.13. The number of nitrogens with zero attached hydrogens (tertiary/aromatic N) is 2. The van der Waals surface area contributed by atoms with Gasteiger partial charge in [0.15, 0.2) is 5.82 Å². The van der Waals surface area contributed by atoms with Gasteiger partial charge in [0.1, 0.15) is 12.4 Å². The van der Waals surface area contributed by atoms with Crippen LogP contribution in [0, 0.1) is 6.92 Å². The van der Waals surface area contributed by atoms with Gasteiger partial charge >= 0.3 is 0 Å². The standard InChI is InChI=1S/C24H22N4O3/c1-17-11-13-18(14-12-17)25-15-23(29)27-28-22(16-31-19-7-3-2-4-8-19)26-21-10-6-5-9-20(21)24(28)30/h2-14,25H,15-16H2,1H3,(H,27,29). The first-order valence-electron chi connectivity index (χ1n) is 9.89. The predicted octanol–water partition coefficient (Wildman–Crippen LogP) is 3.47. The highest BCUT2D eigenvalue weighted by atomic mass is 16.5. The van der Waals surface area contributed by atoms with E-state index in [4.69, 9.17) is 4.74 Å². The Balaban J connectivity index is 1.56. The zero-order chi connectivity index (χ0) is 21.6. The summed E-state index contributed by atoms with van der Waals surface area (Å²) < 4.78 is 6.93. The normalized spacial score (nSPS) is 10.6. The van der Waals surface area contributed by atoms with Crippen molar-refractivity contribution < 1.29 is 9.53 Å². The van der Waals surface area contributed by atoms with Gasteiger partial charge in [-0.1, -0.05) is 48.0 Å². The molecule has 2 N–H and O–H groups in total. The van der Waals surface area contributed by atoms with E-state index in [2.05, 4.69) is 15.7 Å². The summed E-state index contributed by atoms with van der Waals surface area (Å²) in [5.41, 5.74) is 4.78. The van der Waals surface area contributed by atoms with Crippen LogP contribution in [0.4, 0.5) is 5.69 Å². The van der Waals surface area contributed by atoms with Crippen molar-refractivity contribution in [2.45, 2.75) is 13.5 Å². The van der Waals surface area contributed by atoms with Gasteiger partial charge < -0.3 is 10.1 Å². The molecular formula is C24H22N4O3. The third kappa shape index (κ3) is 4.90. The molecule has 0 saturated heterocycles. The molecule has 31 heavy (non-hydrogen) atoms. The van der Waals surface area contributed by atoms with Crippen LogP contribution in [0.3, 0.4) is 0 Å². The number of fused-ring (bicyclic) bond motifs is 1. The summed E-state index contributed by atoms with van der Waals surface area (Å²) in [6, 6.07) is 23.9. The number of rotatable bonds is 7. The van der Waals surface area contributed by atoms with Gasteiger partial charge in [0.25, 0.3) is 11.5 Å². The predicted molar refractivity (Wildman–Crippen MR) is 121 cm³/mol. The van der Waals surface area contributed by atoms with Crippen LogP contribution in [0.25, 0.3) is 10.9 Å². The number of hydrogen-bond acceptors (Lipinski definition) is 5. The average Bonchev–Trinajstić information content (AvgIpc) is 2.80. The lowest BCUT2D eigenvalue weighted by atomic mass is 10.2. The lowest BCUT2D eigenvalue weighted by Crippen LogP contribution is -2.39. The summed E-state index contributed by atoms with van der Waals surface area (Å²) in [6.07, 6.45) is 0. The summed E-state index contributed by atoms with van der Waals surface area (Å²) in [5, 5.41) is 3.46. The lowest BCUT2D eigenvalue weighted by Gasteiger charge is -2.15. The monoisotopic (exact) mass is 414 g/mol. The van der Waals surface area contributed by atoms with E-state index in [0.29, 0.717) is 22.5 Å². The first kappa shape index (κ1) is 20.2. The summed E-state index contributed by atoms with van der Waals surface area (Å²) in [6.45, 7) is 2.02. The number of carbonyl (C=O) groups excluding carboxylic acids is 1. The number of benzene rings is 3. The summed E-state index contributed by atoms with van der Waals surface area (Å²) in [7, 11) is 0. The van der Waals surface area contributed by atoms with Crippen molar-refractivity contribution in [2.24, 2.45) is 0 Å². The molecule has 0 radical (unpaired) electrons. The first-order valence-corrected chi connectivity index (χ1v) is 9.89. The van der Waals surface area contributed by atoms with Crippen molar-refractivity contribution in [1.29, 1.82) is 0 Å². The molecule has 7 heteroatoms. The van der Waals surface area contributed by atoms with Crippen LogP contribution in [-0.2, 0) is 11.4 Å². The number of anilines is 1. The fourth-order valence-corrected chi connectivity index (χ4v) is 3.07. The van der Waals surface area contributed by atoms with E-state index >= 15 is 0 Å². The van der Waals surface area contributed by atoms with Crippen LogP contribution in [0.1, 0.15) is 11.4 Å². The summed E-state index contributed by atoms with van der Waals surface area (Å²) in [4.78, 5) is 30.1. The molecule has 3 aromatic carbocycles. The van der Waals surface area contributed by atoms with Crippen molar-refractivity contribution in [2.75, 3.05) is 17.3 Å². The quantitative estimate of drug-likeness (QED) is 0.484. The van der Waals surface area contributed by atoms with E-state index in [1.54, 1.807) is 18.2 Å². The van der Waals surface area contributed by atoms with Crippen molar-refractivity contribution in [1.82, 2.24) is 9.66 Å². The Kier molecular flexibility index (Phi) is 5.93. The van der Waals surface area contributed by atoms with E-state index in [1.807, 2.05) is 67.6 Å². The maximum absolute atomic E-state index is 13.0. The topological polar surface area (TPSA) is 85.2 Å². The Morgan fingerprint density at radius 1 is 0.968 bits per heavy atom. The zero-order valence-electron chi connectivity index (χ0n) is 17.0. The minimum Gasteiger partial charge on any atom is -0.486 e. The molecular weight excluding hydrogens is 392 g/mol. The van der Waals surface area contributed by atoms with Gasteiger partial charge in [0.05, 0.1) is 17.4 Å². The number of nitrogens with one attached hydrogen (secondary N) is 2. The van der Waals surface area contributed by atoms with Crippen molar-refractivity contribution in [3.8, 4) is 5.75 Å². The molecule has 4 aromatic rings. The van der Waals surface area contributed by atoms with E-state index in [0.717, 1.165) is 15.9 Å². The summed E-state index contributed by atoms with van der Waals surface area (Å²) in [5.74, 6) is 0.570. The van der Waals surface area contributed by atoms with Gasteiger partial charge in [0, 0.05) is 5.69 Å². The Morgan fingerprint density at radius 2 is 1.68 bits per heavy atom. The van der Waals surface area contributed by atoms with Gasteiger partial charge in [-0.05, 0) is 43.3 Å². The maximum Gasteiger partial charge on any atom is 0.280 e. The molecule has 0 unspecified atom stereocenters. The average molecular weight is 414 g/mol. The number of amides is 1. The van der Waals surface area contributed by atoms with Crippen LogP contribution in [0.15, 0.2) is 83.7 Å². The molecule has 7 nitrogen and oxygen atoms in total. The van der Waals surface area contributed by atoms with Gasteiger partial charge in [-0.15, -0.1) is 0 Å². The highest BCUT2D eigenvalue weighted by molar-refractivity contribution is 5.88. The highest BCUT2D eigenvalue weighted by Gasteiger charge is 2.14. The van der Waals surface area contributed by atoms with Crippen LogP contribution < -0.4 is 21.0 Å². The number of aryl methyl sites for hydroxylation is 1. The zero-order valence-corrected chi connectivity index (χ0v) is 17.0. The second kappa shape index (κ2) is 9.13. The van der Waals surface area contributed by atoms with Crippen LogP contribution in [0.2, 0.25) is 0 Å². The molecule has 0 spiro atoms. The minimum atomic E-state index is -0.374.